The number of nitrogens with zero attached hydrogens (tertiary/aromatic N) is 2. The van der Waals surface area contributed by atoms with E-state index in [1.54, 1.807) is 18.2 Å². The molecule has 0 radical (unpaired) electrons. The number of methoxy groups -OCH3 is 1. The summed E-state index contributed by atoms with van der Waals surface area (Å²) in [6, 6.07) is 17.0. The molecule has 0 saturated carbocycles. The summed E-state index contributed by atoms with van der Waals surface area (Å²) in [5.41, 5.74) is 4.54. The summed E-state index contributed by atoms with van der Waals surface area (Å²) in [4.78, 5) is 19.6. The summed E-state index contributed by atoms with van der Waals surface area (Å²) in [5, 5.41) is 4.20. The Morgan fingerprint density at radius 1 is 1.07 bits per heavy atom. The highest BCUT2D eigenvalue weighted by Crippen LogP contribution is 2.34. The molecule has 2 heterocycles. The number of carbonyl (C=O) groups is 1. The highest BCUT2D eigenvalue weighted by atomic mass is 16.5. The molecule has 27 heavy (non-hydrogen) atoms. The third-order valence-corrected chi connectivity index (χ3v) is 4.30. The van der Waals surface area contributed by atoms with Gasteiger partial charge in [-0.1, -0.05) is 47.6 Å². The third-order valence-electron chi connectivity index (χ3n) is 4.30. The van der Waals surface area contributed by atoms with Crippen LogP contribution >= 0.6 is 0 Å². The lowest BCUT2D eigenvalue weighted by Gasteiger charge is -2.02. The number of aromatic nitrogens is 3. The van der Waals surface area contributed by atoms with Gasteiger partial charge >= 0.3 is 5.97 Å². The van der Waals surface area contributed by atoms with Gasteiger partial charge in [0.25, 0.3) is 0 Å². The molecule has 0 unspecified atom stereocenters. The van der Waals surface area contributed by atoms with E-state index in [0.29, 0.717) is 17.1 Å². The molecule has 0 saturated heterocycles. The second-order valence-corrected chi connectivity index (χ2v) is 6.04. The molecule has 0 aliphatic rings. The van der Waals surface area contributed by atoms with Gasteiger partial charge < -0.3 is 14.2 Å². The zero-order chi connectivity index (χ0) is 18.8. The van der Waals surface area contributed by atoms with Gasteiger partial charge in [-0.2, -0.15) is 0 Å². The van der Waals surface area contributed by atoms with Crippen molar-refractivity contribution in [1.29, 1.82) is 0 Å². The van der Waals surface area contributed by atoms with E-state index in [9.17, 15) is 4.79 Å². The van der Waals surface area contributed by atoms with Gasteiger partial charge in [0.2, 0.25) is 0 Å². The fourth-order valence-corrected chi connectivity index (χ4v) is 2.98. The first-order valence-corrected chi connectivity index (χ1v) is 8.43. The van der Waals surface area contributed by atoms with Crippen LogP contribution in [-0.4, -0.2) is 28.2 Å². The Balaban J connectivity index is 1.75. The Kier molecular flexibility index (Phi) is 4.30. The second kappa shape index (κ2) is 6.92. The lowest BCUT2D eigenvalue weighted by atomic mass is 10.0. The van der Waals surface area contributed by atoms with Crippen LogP contribution in [0.25, 0.3) is 33.9 Å². The van der Waals surface area contributed by atoms with Crippen molar-refractivity contribution in [3.63, 3.8) is 0 Å². The number of rotatable bonds is 4. The number of ether oxygens (including phenoxy) is 1. The van der Waals surface area contributed by atoms with Crippen LogP contribution in [0.15, 0.2) is 65.3 Å². The number of hydrogen-bond donors (Lipinski definition) is 1. The molecule has 0 spiro atoms. The Bertz CT molecular complexity index is 1100. The minimum Gasteiger partial charge on any atom is -0.465 e. The maximum atomic E-state index is 11.8. The van der Waals surface area contributed by atoms with Crippen molar-refractivity contribution >= 4 is 5.97 Å². The van der Waals surface area contributed by atoms with E-state index >= 15 is 0 Å². The number of aromatic amines is 1. The van der Waals surface area contributed by atoms with Gasteiger partial charge in [-0.05, 0) is 19.1 Å². The molecule has 6 heteroatoms. The Morgan fingerprint density at radius 3 is 2.63 bits per heavy atom. The molecular weight excluding hydrogens is 342 g/mol. The summed E-state index contributed by atoms with van der Waals surface area (Å²) in [5.74, 6) is 0.954. The molecular formula is C21H17N3O3. The number of H-pyrrole nitrogens is 1. The maximum absolute atomic E-state index is 11.8. The van der Waals surface area contributed by atoms with E-state index in [1.807, 2.05) is 49.5 Å². The first-order chi connectivity index (χ1) is 13.2. The van der Waals surface area contributed by atoms with Crippen LogP contribution in [0.1, 0.15) is 16.1 Å². The maximum Gasteiger partial charge on any atom is 0.337 e. The van der Waals surface area contributed by atoms with Crippen molar-refractivity contribution in [2.24, 2.45) is 0 Å². The lowest BCUT2D eigenvalue weighted by molar-refractivity contribution is 0.0601. The van der Waals surface area contributed by atoms with E-state index in [1.165, 1.54) is 7.11 Å². The predicted molar refractivity (Wildman–Crippen MR) is 101 cm³/mol. The fourth-order valence-electron chi connectivity index (χ4n) is 2.98. The van der Waals surface area contributed by atoms with Crippen molar-refractivity contribution in [3.05, 3.63) is 72.1 Å². The molecule has 4 rings (SSSR count). The highest BCUT2D eigenvalue weighted by Gasteiger charge is 2.19. The normalized spacial score (nSPS) is 10.7. The molecule has 134 valence electrons. The standard InChI is InChI=1S/C21H17N3O3/c1-13-18(19(24-27-13)14-7-4-3-5-8-14)17-12-22-20(23-17)15-9-6-10-16(11-15)21(25)26-2/h3-12H,1-2H3,(H,22,23). The molecule has 0 amide bonds. The van der Waals surface area contributed by atoms with Gasteiger partial charge in [0.15, 0.2) is 0 Å². The number of nitrogens with one attached hydrogen (secondary N) is 1. The summed E-state index contributed by atoms with van der Waals surface area (Å²) >= 11 is 0. The van der Waals surface area contributed by atoms with E-state index < -0.39 is 0 Å². The first kappa shape index (κ1) is 16.8. The molecule has 0 aliphatic heterocycles. The topological polar surface area (TPSA) is 81.0 Å². The quantitative estimate of drug-likeness (QED) is 0.543. The van der Waals surface area contributed by atoms with Crippen molar-refractivity contribution in [3.8, 4) is 33.9 Å². The second-order valence-electron chi connectivity index (χ2n) is 6.04. The fraction of sp³-hybridized carbons (Fsp3) is 0.0952. The first-order valence-electron chi connectivity index (χ1n) is 8.43. The number of imidazole rings is 1. The third kappa shape index (κ3) is 3.13. The monoisotopic (exact) mass is 359 g/mol. The molecule has 0 fully saturated rings. The SMILES string of the molecule is COC(=O)c1cccc(-c2nc(-c3c(-c4ccccc4)noc3C)c[nH]2)c1. The van der Waals surface area contributed by atoms with Gasteiger partial charge in [0.1, 0.15) is 17.3 Å². The van der Waals surface area contributed by atoms with Crippen LogP contribution in [-0.2, 0) is 4.74 Å². The van der Waals surface area contributed by atoms with Gasteiger partial charge in [-0.15, -0.1) is 0 Å². The van der Waals surface area contributed by atoms with Gasteiger partial charge in [0.05, 0.1) is 23.9 Å². The van der Waals surface area contributed by atoms with Crippen molar-refractivity contribution in [2.75, 3.05) is 7.11 Å². The zero-order valence-corrected chi connectivity index (χ0v) is 14.9. The molecule has 6 nitrogen and oxygen atoms in total. The van der Waals surface area contributed by atoms with Crippen molar-refractivity contribution in [1.82, 2.24) is 15.1 Å². The molecule has 4 aromatic rings. The van der Waals surface area contributed by atoms with E-state index in [2.05, 4.69) is 15.1 Å². The number of esters is 1. The van der Waals surface area contributed by atoms with Crippen LogP contribution < -0.4 is 0 Å². The zero-order valence-electron chi connectivity index (χ0n) is 14.9. The van der Waals surface area contributed by atoms with Crippen molar-refractivity contribution in [2.45, 2.75) is 6.92 Å². The summed E-state index contributed by atoms with van der Waals surface area (Å²) in [6.07, 6.45) is 1.81. The summed E-state index contributed by atoms with van der Waals surface area (Å²) in [6.45, 7) is 1.86. The Hall–Kier alpha value is -3.67. The van der Waals surface area contributed by atoms with Crippen LogP contribution in [0.2, 0.25) is 0 Å². The number of benzene rings is 2. The summed E-state index contributed by atoms with van der Waals surface area (Å²) in [7, 11) is 1.36. The summed E-state index contributed by atoms with van der Waals surface area (Å²) < 4.78 is 10.2. The number of carbonyl (C=O) groups excluding carboxylic acids is 1. The van der Waals surface area contributed by atoms with Crippen LogP contribution in [0, 0.1) is 6.92 Å². The van der Waals surface area contributed by atoms with E-state index in [-0.39, 0.29) is 5.97 Å². The Morgan fingerprint density at radius 2 is 1.85 bits per heavy atom. The number of hydrogen-bond acceptors (Lipinski definition) is 5. The minimum atomic E-state index is -0.384. The van der Waals surface area contributed by atoms with Crippen LogP contribution in [0.3, 0.4) is 0 Å². The van der Waals surface area contributed by atoms with E-state index in [0.717, 1.165) is 28.1 Å². The molecule has 2 aromatic heterocycles. The van der Waals surface area contributed by atoms with Gasteiger partial charge in [-0.3, -0.25) is 0 Å². The molecule has 1 N–H and O–H groups in total. The molecule has 2 aromatic carbocycles. The van der Waals surface area contributed by atoms with E-state index in [4.69, 9.17) is 9.26 Å². The Labute approximate surface area is 155 Å². The average molecular weight is 359 g/mol. The smallest absolute Gasteiger partial charge is 0.337 e. The highest BCUT2D eigenvalue weighted by molar-refractivity contribution is 5.90. The van der Waals surface area contributed by atoms with Gasteiger partial charge in [-0.25, -0.2) is 9.78 Å². The largest absolute Gasteiger partial charge is 0.465 e. The van der Waals surface area contributed by atoms with Gasteiger partial charge in [0, 0.05) is 17.3 Å². The van der Waals surface area contributed by atoms with Crippen LogP contribution in [0.5, 0.6) is 0 Å². The van der Waals surface area contributed by atoms with Crippen LogP contribution in [0.4, 0.5) is 0 Å². The lowest BCUT2D eigenvalue weighted by Crippen LogP contribution is -2.00. The minimum absolute atomic E-state index is 0.384. The molecule has 0 aliphatic carbocycles. The molecule has 0 atom stereocenters. The van der Waals surface area contributed by atoms with Crippen molar-refractivity contribution < 1.29 is 14.1 Å². The predicted octanol–water partition coefficient (Wildman–Crippen LogP) is 4.49. The molecule has 0 bridgehead atoms. The number of aryl methyl sites for hydroxylation is 1. The average Bonchev–Trinajstić information content (AvgIpc) is 3.34.